The Morgan fingerprint density at radius 1 is 0.467 bits per heavy atom. The fraction of sp³-hybridized carbons (Fsp3) is 0.286. The Kier molecular flexibility index (Phi) is 5.87. The maximum atomic E-state index is 2.64. The van der Waals surface area contributed by atoms with Crippen LogP contribution >= 0.6 is 0 Å². The Hall–Kier alpha value is -4.24. The smallest absolute Gasteiger partial charge is 0.252 e. The first-order chi connectivity index (χ1) is 22.4. The minimum atomic E-state index is 0.224. The van der Waals surface area contributed by atoms with Crippen molar-refractivity contribution >= 4 is 66.7 Å². The molecule has 1 fully saturated rings. The van der Waals surface area contributed by atoms with Crippen molar-refractivity contribution in [3.63, 3.8) is 0 Å². The summed E-state index contributed by atoms with van der Waals surface area (Å²) in [5, 5.41) is 5.48. The number of rotatable bonds is 1. The molecule has 1 saturated carbocycles. The standard InChI is InChI=1S/C42H39BN2/c1-2-4-6-8-16-28(17-9-7-5-3-1)29-26-38-40-39(27-29)45-37-25-13-11-19-31(37)33-21-15-23-35(42(33)45)43(40)34-22-14-20-32-30-18-10-12-24-36(30)44(38)41(32)34/h10-15,18-28H,1-9,16-17H2. The van der Waals surface area contributed by atoms with Crippen molar-refractivity contribution in [1.82, 2.24) is 9.13 Å². The van der Waals surface area contributed by atoms with Gasteiger partial charge in [0.2, 0.25) is 0 Å². The summed E-state index contributed by atoms with van der Waals surface area (Å²) in [4.78, 5) is 0. The Labute approximate surface area is 265 Å². The van der Waals surface area contributed by atoms with E-state index in [-0.39, 0.29) is 6.71 Å². The summed E-state index contributed by atoms with van der Waals surface area (Å²) < 4.78 is 5.29. The minimum absolute atomic E-state index is 0.224. The number of hydrogen-bond donors (Lipinski definition) is 0. The van der Waals surface area contributed by atoms with Crippen molar-refractivity contribution in [2.75, 3.05) is 0 Å². The van der Waals surface area contributed by atoms with Gasteiger partial charge in [-0.25, -0.2) is 0 Å². The predicted octanol–water partition coefficient (Wildman–Crippen LogP) is 9.41. The second-order valence-corrected chi connectivity index (χ2v) is 14.1. The van der Waals surface area contributed by atoms with Gasteiger partial charge in [-0.05, 0) is 65.0 Å². The first kappa shape index (κ1) is 26.0. The van der Waals surface area contributed by atoms with Gasteiger partial charge < -0.3 is 9.13 Å². The number of aromatic nitrogens is 2. The van der Waals surface area contributed by atoms with Crippen LogP contribution in [0.1, 0.15) is 82.1 Å². The normalized spacial score (nSPS) is 17.1. The van der Waals surface area contributed by atoms with Gasteiger partial charge in [0.05, 0.1) is 11.0 Å². The van der Waals surface area contributed by atoms with Crippen LogP contribution in [0.2, 0.25) is 0 Å². The van der Waals surface area contributed by atoms with Crippen molar-refractivity contribution in [3.8, 4) is 11.4 Å². The summed E-state index contributed by atoms with van der Waals surface area (Å²) in [6.45, 7) is 0.224. The number of benzene rings is 5. The van der Waals surface area contributed by atoms with Crippen LogP contribution in [0.25, 0.3) is 55.0 Å². The van der Waals surface area contributed by atoms with Crippen LogP contribution in [0, 0.1) is 0 Å². The van der Waals surface area contributed by atoms with Crippen LogP contribution in [0.5, 0.6) is 0 Å². The molecule has 2 nitrogen and oxygen atoms in total. The zero-order chi connectivity index (χ0) is 29.5. The Bertz CT molecular complexity index is 2130. The first-order valence-corrected chi connectivity index (χ1v) is 17.6. The van der Waals surface area contributed by atoms with Crippen LogP contribution in [0.15, 0.2) is 97.1 Å². The van der Waals surface area contributed by atoms with Crippen LogP contribution in [0.4, 0.5) is 0 Å². The van der Waals surface area contributed by atoms with Gasteiger partial charge in [0, 0.05) is 44.0 Å². The molecule has 0 saturated heterocycles. The molecule has 5 aromatic carbocycles. The lowest BCUT2D eigenvalue weighted by atomic mass is 9.34. The second kappa shape index (κ2) is 10.1. The molecule has 220 valence electrons. The topological polar surface area (TPSA) is 9.86 Å². The molecule has 0 amide bonds. The molecule has 0 bridgehead atoms. The molecule has 0 radical (unpaired) electrons. The highest BCUT2D eigenvalue weighted by atomic mass is 15.0. The number of fused-ring (bicyclic) bond motifs is 10. The fourth-order valence-corrected chi connectivity index (χ4v) is 9.58. The molecule has 1 aliphatic carbocycles. The molecule has 0 atom stereocenters. The molecule has 10 rings (SSSR count). The molecule has 45 heavy (non-hydrogen) atoms. The maximum Gasteiger partial charge on any atom is 0.252 e. The largest absolute Gasteiger partial charge is 0.310 e. The van der Waals surface area contributed by atoms with Gasteiger partial charge in [0.15, 0.2) is 0 Å². The Balaban J connectivity index is 1.30. The highest BCUT2D eigenvalue weighted by Gasteiger charge is 2.41. The average molecular weight is 583 g/mol. The van der Waals surface area contributed by atoms with Gasteiger partial charge in [-0.1, -0.05) is 131 Å². The van der Waals surface area contributed by atoms with Crippen molar-refractivity contribution in [3.05, 3.63) is 103 Å². The molecule has 3 heteroatoms. The van der Waals surface area contributed by atoms with Crippen molar-refractivity contribution in [2.24, 2.45) is 0 Å². The molecule has 2 aromatic heterocycles. The van der Waals surface area contributed by atoms with E-state index in [1.807, 2.05) is 0 Å². The predicted molar refractivity (Wildman–Crippen MR) is 193 cm³/mol. The average Bonchev–Trinajstić information content (AvgIpc) is 3.60. The third-order valence-corrected chi connectivity index (χ3v) is 11.6. The van der Waals surface area contributed by atoms with Crippen LogP contribution < -0.4 is 16.4 Å². The van der Waals surface area contributed by atoms with Crippen LogP contribution in [-0.4, -0.2) is 15.8 Å². The van der Waals surface area contributed by atoms with Crippen LogP contribution in [-0.2, 0) is 0 Å². The number of para-hydroxylation sites is 4. The molecule has 0 spiro atoms. The molecular formula is C42H39BN2. The first-order valence-electron chi connectivity index (χ1n) is 17.6. The van der Waals surface area contributed by atoms with E-state index in [0.29, 0.717) is 5.92 Å². The third-order valence-electron chi connectivity index (χ3n) is 11.6. The summed E-state index contributed by atoms with van der Waals surface area (Å²) in [5.74, 6) is 0.605. The van der Waals surface area contributed by atoms with E-state index in [1.54, 1.807) is 5.56 Å². The van der Waals surface area contributed by atoms with Gasteiger partial charge in [-0.2, -0.15) is 0 Å². The molecule has 4 heterocycles. The van der Waals surface area contributed by atoms with Gasteiger partial charge in [0.25, 0.3) is 6.71 Å². The highest BCUT2D eigenvalue weighted by Crippen LogP contribution is 2.41. The lowest BCUT2D eigenvalue weighted by Crippen LogP contribution is -2.59. The van der Waals surface area contributed by atoms with E-state index < -0.39 is 0 Å². The van der Waals surface area contributed by atoms with Gasteiger partial charge in [-0.15, -0.1) is 0 Å². The molecule has 0 N–H and O–H groups in total. The number of nitrogens with zero attached hydrogens (tertiary/aromatic N) is 2. The molecule has 2 aliphatic heterocycles. The molecule has 0 unspecified atom stereocenters. The molecule has 3 aliphatic rings. The van der Waals surface area contributed by atoms with E-state index >= 15 is 0 Å². The quantitative estimate of drug-likeness (QED) is 0.171. The summed E-state index contributed by atoms with van der Waals surface area (Å²) in [7, 11) is 0. The molecule has 7 aromatic rings. The van der Waals surface area contributed by atoms with E-state index in [1.165, 1.54) is 142 Å². The zero-order valence-corrected chi connectivity index (χ0v) is 26.1. The Morgan fingerprint density at radius 3 is 1.42 bits per heavy atom. The van der Waals surface area contributed by atoms with Crippen molar-refractivity contribution < 1.29 is 0 Å². The fourth-order valence-electron chi connectivity index (χ4n) is 9.58. The second-order valence-electron chi connectivity index (χ2n) is 14.1. The summed E-state index contributed by atoms with van der Waals surface area (Å²) >= 11 is 0. The van der Waals surface area contributed by atoms with Crippen molar-refractivity contribution in [2.45, 2.75) is 76.5 Å². The van der Waals surface area contributed by atoms with Gasteiger partial charge in [-0.3, -0.25) is 0 Å². The summed E-state index contributed by atoms with van der Waals surface area (Å²) in [6.07, 6.45) is 15.1. The zero-order valence-electron chi connectivity index (χ0n) is 26.1. The highest BCUT2D eigenvalue weighted by molar-refractivity contribution is 7.00. The maximum absolute atomic E-state index is 2.64. The van der Waals surface area contributed by atoms with Gasteiger partial charge in [0.1, 0.15) is 0 Å². The lowest BCUT2D eigenvalue weighted by molar-refractivity contribution is 0.467. The van der Waals surface area contributed by atoms with Crippen molar-refractivity contribution in [1.29, 1.82) is 0 Å². The monoisotopic (exact) mass is 582 g/mol. The third kappa shape index (κ3) is 3.70. The summed E-state index contributed by atoms with van der Waals surface area (Å²) in [5.41, 5.74) is 14.2. The lowest BCUT2D eigenvalue weighted by Gasteiger charge is -2.35. The van der Waals surface area contributed by atoms with E-state index in [2.05, 4.69) is 106 Å². The number of hydrogen-bond acceptors (Lipinski definition) is 0. The molecular weight excluding hydrogens is 543 g/mol. The van der Waals surface area contributed by atoms with E-state index in [0.717, 1.165) is 0 Å². The SMILES string of the molecule is c1ccc2c(c1)c1cccc3c1n2-c1cc(C2CCCCCCCCCCC2)cc2c1B3c1cccc3c4ccccc4n-2c13. The summed E-state index contributed by atoms with van der Waals surface area (Å²) in [6, 6.07) is 37.6. The van der Waals surface area contributed by atoms with Crippen LogP contribution in [0.3, 0.4) is 0 Å². The minimum Gasteiger partial charge on any atom is -0.310 e. The Morgan fingerprint density at radius 2 is 0.911 bits per heavy atom. The van der Waals surface area contributed by atoms with E-state index in [9.17, 15) is 0 Å². The van der Waals surface area contributed by atoms with Gasteiger partial charge >= 0.3 is 0 Å². The van der Waals surface area contributed by atoms with E-state index in [4.69, 9.17) is 0 Å².